The first-order valence-electron chi connectivity index (χ1n) is 7.22. The van der Waals surface area contributed by atoms with E-state index in [0.717, 1.165) is 11.4 Å². The molecule has 3 aromatic carbocycles. The second-order valence-electron chi connectivity index (χ2n) is 5.41. The zero-order valence-corrected chi connectivity index (χ0v) is 12.4. The maximum atomic E-state index is 3.54. The van der Waals surface area contributed by atoms with Crippen molar-refractivity contribution in [3.8, 4) is 11.1 Å². The normalized spacial score (nSPS) is 10.4. The summed E-state index contributed by atoms with van der Waals surface area (Å²) in [7, 11) is 0. The summed E-state index contributed by atoms with van der Waals surface area (Å²) in [6.45, 7) is 4.24. The largest absolute Gasteiger partial charge is 0.355 e. The maximum Gasteiger partial charge on any atom is 0.0464 e. The number of hydrogen-bond acceptors (Lipinski definition) is 1. The van der Waals surface area contributed by atoms with Crippen molar-refractivity contribution in [2.24, 2.45) is 0 Å². The van der Waals surface area contributed by atoms with E-state index in [1.54, 1.807) is 0 Å². The number of rotatable bonds is 3. The van der Waals surface area contributed by atoms with Crippen molar-refractivity contribution in [3.05, 3.63) is 83.9 Å². The fourth-order valence-electron chi connectivity index (χ4n) is 2.50. The standard InChI is InChI=1S/C20H19N/c1-15-7-6-10-18(13-15)21-20-12-11-16(2)14-19(20)17-8-4-3-5-9-17/h3-14,21H,1-2H3. The van der Waals surface area contributed by atoms with Crippen molar-refractivity contribution in [1.29, 1.82) is 0 Å². The Balaban J connectivity index is 2.03. The van der Waals surface area contributed by atoms with Crippen LogP contribution in [0.4, 0.5) is 11.4 Å². The Morgan fingerprint density at radius 1 is 0.667 bits per heavy atom. The molecule has 0 saturated heterocycles. The topological polar surface area (TPSA) is 12.0 Å². The molecule has 0 aliphatic carbocycles. The highest BCUT2D eigenvalue weighted by Gasteiger charge is 2.06. The van der Waals surface area contributed by atoms with Crippen molar-refractivity contribution >= 4 is 11.4 Å². The first-order chi connectivity index (χ1) is 10.2. The number of aryl methyl sites for hydroxylation is 2. The van der Waals surface area contributed by atoms with E-state index in [1.165, 1.54) is 22.3 Å². The monoisotopic (exact) mass is 273 g/mol. The Kier molecular flexibility index (Phi) is 3.74. The molecule has 1 heteroatoms. The summed E-state index contributed by atoms with van der Waals surface area (Å²) in [4.78, 5) is 0. The predicted molar refractivity (Wildman–Crippen MR) is 91.1 cm³/mol. The van der Waals surface area contributed by atoms with E-state index in [4.69, 9.17) is 0 Å². The fourth-order valence-corrected chi connectivity index (χ4v) is 2.50. The predicted octanol–water partition coefficient (Wildman–Crippen LogP) is 5.71. The SMILES string of the molecule is Cc1cccc(Nc2ccc(C)cc2-c2ccccc2)c1. The van der Waals surface area contributed by atoms with Crippen LogP contribution in [-0.4, -0.2) is 0 Å². The third-order valence-corrected chi connectivity index (χ3v) is 3.56. The molecule has 3 aromatic rings. The molecule has 0 saturated carbocycles. The van der Waals surface area contributed by atoms with Crippen molar-refractivity contribution in [2.45, 2.75) is 13.8 Å². The van der Waals surface area contributed by atoms with Crippen molar-refractivity contribution in [1.82, 2.24) is 0 Å². The summed E-state index contributed by atoms with van der Waals surface area (Å²) in [5.41, 5.74) is 7.25. The molecule has 0 atom stereocenters. The molecule has 1 nitrogen and oxygen atoms in total. The molecule has 3 rings (SSSR count). The van der Waals surface area contributed by atoms with E-state index >= 15 is 0 Å². The van der Waals surface area contributed by atoms with Crippen LogP contribution in [0.15, 0.2) is 72.8 Å². The molecule has 0 fully saturated rings. The van der Waals surface area contributed by atoms with Gasteiger partial charge in [-0.1, -0.05) is 54.1 Å². The average Bonchev–Trinajstić information content (AvgIpc) is 2.50. The molecule has 1 N–H and O–H groups in total. The van der Waals surface area contributed by atoms with Crippen LogP contribution in [0, 0.1) is 13.8 Å². The second kappa shape index (κ2) is 5.84. The van der Waals surface area contributed by atoms with Gasteiger partial charge < -0.3 is 5.32 Å². The summed E-state index contributed by atoms with van der Waals surface area (Å²) in [6.07, 6.45) is 0. The lowest BCUT2D eigenvalue weighted by molar-refractivity contribution is 1.42. The Labute approximate surface area is 126 Å². The molecular formula is C20H19N. The van der Waals surface area contributed by atoms with Crippen molar-refractivity contribution in [2.75, 3.05) is 5.32 Å². The molecule has 0 unspecified atom stereocenters. The van der Waals surface area contributed by atoms with Gasteiger partial charge in [0, 0.05) is 16.9 Å². The molecule has 0 spiro atoms. The average molecular weight is 273 g/mol. The fraction of sp³-hybridized carbons (Fsp3) is 0.100. The summed E-state index contributed by atoms with van der Waals surface area (Å²) in [5.74, 6) is 0. The van der Waals surface area contributed by atoms with Crippen LogP contribution in [0.25, 0.3) is 11.1 Å². The molecule has 0 aliphatic heterocycles. The van der Waals surface area contributed by atoms with Gasteiger partial charge in [0.1, 0.15) is 0 Å². The molecule has 21 heavy (non-hydrogen) atoms. The van der Waals surface area contributed by atoms with Gasteiger partial charge in [0.05, 0.1) is 0 Å². The minimum absolute atomic E-state index is 1.12. The van der Waals surface area contributed by atoms with E-state index < -0.39 is 0 Å². The first kappa shape index (κ1) is 13.4. The highest BCUT2D eigenvalue weighted by molar-refractivity contribution is 5.81. The maximum absolute atomic E-state index is 3.54. The molecule has 0 heterocycles. The minimum atomic E-state index is 1.12. The lowest BCUT2D eigenvalue weighted by Crippen LogP contribution is -1.94. The molecule has 0 radical (unpaired) electrons. The lowest BCUT2D eigenvalue weighted by Gasteiger charge is -2.14. The van der Waals surface area contributed by atoms with E-state index in [1.807, 2.05) is 6.07 Å². The van der Waals surface area contributed by atoms with Crippen LogP contribution < -0.4 is 5.32 Å². The van der Waals surface area contributed by atoms with Crippen LogP contribution in [0.2, 0.25) is 0 Å². The zero-order chi connectivity index (χ0) is 14.7. The number of anilines is 2. The van der Waals surface area contributed by atoms with Crippen LogP contribution in [0.5, 0.6) is 0 Å². The molecule has 0 aliphatic rings. The number of hydrogen-bond donors (Lipinski definition) is 1. The van der Waals surface area contributed by atoms with Gasteiger partial charge in [-0.15, -0.1) is 0 Å². The molecular weight excluding hydrogens is 254 g/mol. The van der Waals surface area contributed by atoms with Gasteiger partial charge in [0.2, 0.25) is 0 Å². The van der Waals surface area contributed by atoms with Crippen LogP contribution in [0.1, 0.15) is 11.1 Å². The van der Waals surface area contributed by atoms with Gasteiger partial charge in [-0.05, 0) is 49.2 Å². The summed E-state index contributed by atoms with van der Waals surface area (Å²) in [6, 6.07) is 25.5. The number of nitrogens with one attached hydrogen (secondary N) is 1. The smallest absolute Gasteiger partial charge is 0.0464 e. The van der Waals surface area contributed by atoms with Crippen molar-refractivity contribution in [3.63, 3.8) is 0 Å². The van der Waals surface area contributed by atoms with E-state index in [-0.39, 0.29) is 0 Å². The van der Waals surface area contributed by atoms with Gasteiger partial charge in [-0.3, -0.25) is 0 Å². The van der Waals surface area contributed by atoms with E-state index in [9.17, 15) is 0 Å². The van der Waals surface area contributed by atoms with E-state index in [2.05, 4.69) is 85.9 Å². The zero-order valence-electron chi connectivity index (χ0n) is 12.4. The summed E-state index contributed by atoms with van der Waals surface area (Å²) >= 11 is 0. The summed E-state index contributed by atoms with van der Waals surface area (Å²) in [5, 5.41) is 3.54. The Bertz CT molecular complexity index is 745. The minimum Gasteiger partial charge on any atom is -0.355 e. The second-order valence-corrected chi connectivity index (χ2v) is 5.41. The Morgan fingerprint density at radius 2 is 1.43 bits per heavy atom. The van der Waals surface area contributed by atoms with Gasteiger partial charge in [0.25, 0.3) is 0 Å². The quantitative estimate of drug-likeness (QED) is 0.644. The van der Waals surface area contributed by atoms with Crippen LogP contribution in [-0.2, 0) is 0 Å². The lowest BCUT2D eigenvalue weighted by atomic mass is 10.0. The Morgan fingerprint density at radius 3 is 2.19 bits per heavy atom. The van der Waals surface area contributed by atoms with Gasteiger partial charge in [0.15, 0.2) is 0 Å². The van der Waals surface area contributed by atoms with Crippen molar-refractivity contribution < 1.29 is 0 Å². The molecule has 0 bridgehead atoms. The third-order valence-electron chi connectivity index (χ3n) is 3.56. The van der Waals surface area contributed by atoms with Gasteiger partial charge in [-0.2, -0.15) is 0 Å². The molecule has 0 aromatic heterocycles. The van der Waals surface area contributed by atoms with Gasteiger partial charge >= 0.3 is 0 Å². The van der Waals surface area contributed by atoms with Crippen LogP contribution in [0.3, 0.4) is 0 Å². The Hall–Kier alpha value is -2.54. The highest BCUT2D eigenvalue weighted by atomic mass is 14.9. The summed E-state index contributed by atoms with van der Waals surface area (Å²) < 4.78 is 0. The molecule has 0 amide bonds. The number of benzene rings is 3. The molecule has 104 valence electrons. The van der Waals surface area contributed by atoms with Gasteiger partial charge in [-0.25, -0.2) is 0 Å². The van der Waals surface area contributed by atoms with E-state index in [0.29, 0.717) is 0 Å². The first-order valence-corrected chi connectivity index (χ1v) is 7.22. The highest BCUT2D eigenvalue weighted by Crippen LogP contribution is 2.31. The third kappa shape index (κ3) is 3.14. The van der Waals surface area contributed by atoms with Crippen LogP contribution >= 0.6 is 0 Å².